The highest BCUT2D eigenvalue weighted by atomic mass is 79.9. The standard InChI is InChI=1S/C16H21BrN2O2/c1-11(2)19-16(20)5-6-18-9-12-7-13-8-14(17)3-4-15(13)21-10-12/h3-4,7-8,11,18H,5-6,9-10H2,1-2H3,(H,19,20). The van der Waals surface area contributed by atoms with Crippen molar-refractivity contribution in [1.82, 2.24) is 10.6 Å². The second-order valence-electron chi connectivity index (χ2n) is 5.42. The fourth-order valence-corrected chi connectivity index (χ4v) is 2.52. The van der Waals surface area contributed by atoms with E-state index in [0.29, 0.717) is 19.6 Å². The second kappa shape index (κ2) is 7.61. The average molecular weight is 353 g/mol. The molecule has 1 aromatic carbocycles. The van der Waals surface area contributed by atoms with Gasteiger partial charge < -0.3 is 15.4 Å². The topological polar surface area (TPSA) is 50.4 Å². The predicted octanol–water partition coefficient (Wildman–Crippen LogP) is 2.73. The second-order valence-corrected chi connectivity index (χ2v) is 6.34. The lowest BCUT2D eigenvalue weighted by molar-refractivity contribution is -0.121. The molecule has 0 unspecified atom stereocenters. The van der Waals surface area contributed by atoms with Crippen molar-refractivity contribution in [2.45, 2.75) is 26.3 Å². The quantitative estimate of drug-likeness (QED) is 0.774. The Labute approximate surface area is 134 Å². The molecule has 1 aliphatic heterocycles. The van der Waals surface area contributed by atoms with Crippen molar-refractivity contribution >= 4 is 27.9 Å². The normalized spacial score (nSPS) is 13.4. The van der Waals surface area contributed by atoms with Crippen molar-refractivity contribution in [3.63, 3.8) is 0 Å². The van der Waals surface area contributed by atoms with Gasteiger partial charge in [0.05, 0.1) is 0 Å². The highest BCUT2D eigenvalue weighted by molar-refractivity contribution is 9.10. The minimum absolute atomic E-state index is 0.0839. The van der Waals surface area contributed by atoms with E-state index in [1.165, 1.54) is 5.57 Å². The van der Waals surface area contributed by atoms with Crippen LogP contribution in [0.1, 0.15) is 25.8 Å². The van der Waals surface area contributed by atoms with Crippen LogP contribution in [0.2, 0.25) is 0 Å². The summed E-state index contributed by atoms with van der Waals surface area (Å²) in [6.45, 7) is 5.93. The van der Waals surface area contributed by atoms with Crippen LogP contribution in [0.15, 0.2) is 28.2 Å². The van der Waals surface area contributed by atoms with Crippen LogP contribution in [0.5, 0.6) is 5.75 Å². The summed E-state index contributed by atoms with van der Waals surface area (Å²) in [6.07, 6.45) is 2.64. The number of hydrogen-bond acceptors (Lipinski definition) is 3. The zero-order chi connectivity index (χ0) is 15.2. The van der Waals surface area contributed by atoms with Gasteiger partial charge in [0.15, 0.2) is 0 Å². The molecule has 0 bridgehead atoms. The number of halogens is 1. The lowest BCUT2D eigenvalue weighted by atomic mass is 10.1. The van der Waals surface area contributed by atoms with Crippen LogP contribution >= 0.6 is 15.9 Å². The third-order valence-corrected chi connectivity index (χ3v) is 3.57. The van der Waals surface area contributed by atoms with Crippen molar-refractivity contribution in [3.8, 4) is 5.75 Å². The van der Waals surface area contributed by atoms with Crippen molar-refractivity contribution in [2.24, 2.45) is 0 Å². The first-order chi connectivity index (χ1) is 10.0. The van der Waals surface area contributed by atoms with Crippen LogP contribution in [-0.2, 0) is 4.79 Å². The molecule has 1 heterocycles. The molecular weight excluding hydrogens is 332 g/mol. The monoisotopic (exact) mass is 352 g/mol. The van der Waals surface area contributed by atoms with Crippen LogP contribution in [0.4, 0.5) is 0 Å². The molecule has 0 fully saturated rings. The maximum absolute atomic E-state index is 11.5. The van der Waals surface area contributed by atoms with E-state index in [2.05, 4.69) is 32.6 Å². The number of benzene rings is 1. The molecule has 4 nitrogen and oxygen atoms in total. The van der Waals surface area contributed by atoms with E-state index < -0.39 is 0 Å². The van der Waals surface area contributed by atoms with E-state index in [1.54, 1.807) is 0 Å². The molecule has 2 rings (SSSR count). The molecule has 0 saturated carbocycles. The van der Waals surface area contributed by atoms with E-state index in [9.17, 15) is 4.79 Å². The van der Waals surface area contributed by atoms with Gasteiger partial charge in [-0.25, -0.2) is 0 Å². The number of carbonyl (C=O) groups excluding carboxylic acids is 1. The Hall–Kier alpha value is -1.33. The summed E-state index contributed by atoms with van der Waals surface area (Å²) in [6, 6.07) is 6.19. The molecule has 0 aliphatic carbocycles. The van der Waals surface area contributed by atoms with Crippen LogP contribution in [0.3, 0.4) is 0 Å². The van der Waals surface area contributed by atoms with Gasteiger partial charge in [-0.2, -0.15) is 0 Å². The third kappa shape index (κ3) is 5.17. The summed E-state index contributed by atoms with van der Waals surface area (Å²) in [5.41, 5.74) is 2.27. The van der Waals surface area contributed by atoms with Gasteiger partial charge in [0.25, 0.3) is 0 Å². The third-order valence-electron chi connectivity index (χ3n) is 3.08. The minimum atomic E-state index is 0.0839. The number of hydrogen-bond donors (Lipinski definition) is 2. The fourth-order valence-electron chi connectivity index (χ4n) is 2.14. The Kier molecular flexibility index (Phi) is 5.82. The Morgan fingerprint density at radius 2 is 2.24 bits per heavy atom. The number of ether oxygens (including phenoxy) is 1. The SMILES string of the molecule is CC(C)NC(=O)CCNCC1=Cc2cc(Br)ccc2OC1. The lowest BCUT2D eigenvalue weighted by Crippen LogP contribution is -2.33. The molecule has 0 atom stereocenters. The van der Waals surface area contributed by atoms with Crippen molar-refractivity contribution in [1.29, 1.82) is 0 Å². The summed E-state index contributed by atoms with van der Waals surface area (Å²) in [7, 11) is 0. The summed E-state index contributed by atoms with van der Waals surface area (Å²) in [5, 5.41) is 6.16. The van der Waals surface area contributed by atoms with Crippen molar-refractivity contribution < 1.29 is 9.53 Å². The molecule has 1 aromatic rings. The average Bonchev–Trinajstić information content (AvgIpc) is 2.42. The van der Waals surface area contributed by atoms with E-state index in [1.807, 2.05) is 32.0 Å². The first-order valence-corrected chi connectivity index (χ1v) is 7.96. The highest BCUT2D eigenvalue weighted by Gasteiger charge is 2.11. The molecular formula is C16H21BrN2O2. The lowest BCUT2D eigenvalue weighted by Gasteiger charge is -2.18. The zero-order valence-electron chi connectivity index (χ0n) is 12.4. The molecule has 0 radical (unpaired) electrons. The Morgan fingerprint density at radius 3 is 3.00 bits per heavy atom. The summed E-state index contributed by atoms with van der Waals surface area (Å²) >= 11 is 3.46. The molecule has 5 heteroatoms. The van der Waals surface area contributed by atoms with Crippen molar-refractivity contribution in [3.05, 3.63) is 33.8 Å². The minimum Gasteiger partial charge on any atom is -0.489 e. The largest absolute Gasteiger partial charge is 0.489 e. The Balaban J connectivity index is 1.78. The van der Waals surface area contributed by atoms with Gasteiger partial charge in [-0.1, -0.05) is 15.9 Å². The summed E-state index contributed by atoms with van der Waals surface area (Å²) in [5.74, 6) is 0.999. The molecule has 0 saturated heterocycles. The maximum atomic E-state index is 11.5. The fraction of sp³-hybridized carbons (Fsp3) is 0.438. The number of amides is 1. The van der Waals surface area contributed by atoms with Crippen LogP contribution in [-0.4, -0.2) is 31.6 Å². The van der Waals surface area contributed by atoms with Gasteiger partial charge in [-0.05, 0) is 43.7 Å². The molecule has 114 valence electrons. The van der Waals surface area contributed by atoms with Gasteiger partial charge in [0, 0.05) is 35.6 Å². The summed E-state index contributed by atoms with van der Waals surface area (Å²) < 4.78 is 6.76. The number of carbonyl (C=O) groups is 1. The van der Waals surface area contributed by atoms with Gasteiger partial charge >= 0.3 is 0 Å². The summed E-state index contributed by atoms with van der Waals surface area (Å²) in [4.78, 5) is 11.5. The number of nitrogens with one attached hydrogen (secondary N) is 2. The van der Waals surface area contributed by atoms with Gasteiger partial charge in [0.1, 0.15) is 12.4 Å². The molecule has 1 aliphatic rings. The van der Waals surface area contributed by atoms with Crippen molar-refractivity contribution in [2.75, 3.05) is 19.7 Å². The first-order valence-electron chi connectivity index (χ1n) is 7.16. The predicted molar refractivity (Wildman–Crippen MR) is 88.4 cm³/mol. The van der Waals surface area contributed by atoms with E-state index in [-0.39, 0.29) is 11.9 Å². The molecule has 0 spiro atoms. The van der Waals surface area contributed by atoms with E-state index in [0.717, 1.165) is 22.3 Å². The Morgan fingerprint density at radius 1 is 1.43 bits per heavy atom. The molecule has 1 amide bonds. The van der Waals surface area contributed by atoms with E-state index >= 15 is 0 Å². The van der Waals surface area contributed by atoms with Crippen LogP contribution in [0, 0.1) is 0 Å². The van der Waals surface area contributed by atoms with Gasteiger partial charge in [-0.3, -0.25) is 4.79 Å². The maximum Gasteiger partial charge on any atom is 0.221 e. The molecule has 2 N–H and O–H groups in total. The van der Waals surface area contributed by atoms with Gasteiger partial charge in [0.2, 0.25) is 5.91 Å². The molecule has 0 aromatic heterocycles. The zero-order valence-corrected chi connectivity index (χ0v) is 14.0. The Bertz CT molecular complexity index is 541. The smallest absolute Gasteiger partial charge is 0.221 e. The molecule has 21 heavy (non-hydrogen) atoms. The number of fused-ring (bicyclic) bond motifs is 1. The first kappa shape index (κ1) is 16.0. The van der Waals surface area contributed by atoms with E-state index in [4.69, 9.17) is 4.74 Å². The van der Waals surface area contributed by atoms with Crippen LogP contribution in [0.25, 0.3) is 6.08 Å². The highest BCUT2D eigenvalue weighted by Crippen LogP contribution is 2.28. The van der Waals surface area contributed by atoms with Crippen LogP contribution < -0.4 is 15.4 Å². The number of rotatable bonds is 6. The van der Waals surface area contributed by atoms with Gasteiger partial charge in [-0.15, -0.1) is 0 Å².